The molecule has 4 aliphatic carbocycles. The van der Waals surface area contributed by atoms with Gasteiger partial charge < -0.3 is 14.2 Å². The Hall–Kier alpha value is -1.46. The maximum absolute atomic E-state index is 13.0. The smallest absolute Gasteiger partial charge is 0.333 e. The van der Waals surface area contributed by atoms with Gasteiger partial charge in [-0.25, -0.2) is 4.79 Å². The van der Waals surface area contributed by atoms with Crippen molar-refractivity contribution in [2.75, 3.05) is 21.3 Å². The molecule has 5 nitrogen and oxygen atoms in total. The first-order valence-electron chi connectivity index (χ1n) is 8.22. The Morgan fingerprint density at radius 2 is 1.96 bits per heavy atom. The first kappa shape index (κ1) is 16.4. The van der Waals surface area contributed by atoms with Gasteiger partial charge in [0.2, 0.25) is 5.79 Å². The molecule has 4 rings (SSSR count). The molecule has 0 aliphatic heterocycles. The van der Waals surface area contributed by atoms with E-state index in [2.05, 4.69) is 6.08 Å². The summed E-state index contributed by atoms with van der Waals surface area (Å²) in [6.07, 6.45) is 9.24. The SMILES string of the molecule is COC(=O)C1=C[C@H]2C(=O)C(OC)(OC)[C@@H]1C[C@H]2C1=CCCCC1. The van der Waals surface area contributed by atoms with Crippen LogP contribution in [-0.4, -0.2) is 38.9 Å². The van der Waals surface area contributed by atoms with E-state index in [9.17, 15) is 9.59 Å². The van der Waals surface area contributed by atoms with E-state index in [0.29, 0.717) is 12.0 Å². The van der Waals surface area contributed by atoms with Crippen molar-refractivity contribution in [2.24, 2.45) is 17.8 Å². The molecule has 0 radical (unpaired) electrons. The molecule has 5 heteroatoms. The van der Waals surface area contributed by atoms with Gasteiger partial charge in [0.05, 0.1) is 13.0 Å². The van der Waals surface area contributed by atoms with Crippen LogP contribution < -0.4 is 0 Å². The maximum atomic E-state index is 13.0. The summed E-state index contributed by atoms with van der Waals surface area (Å²) in [6, 6.07) is 0. The molecule has 0 heterocycles. The van der Waals surface area contributed by atoms with Gasteiger partial charge in [0, 0.05) is 25.7 Å². The fraction of sp³-hybridized carbons (Fsp3) is 0.667. The summed E-state index contributed by atoms with van der Waals surface area (Å²) in [5, 5.41) is 0. The fourth-order valence-electron chi connectivity index (χ4n) is 4.45. The highest BCUT2D eigenvalue weighted by Crippen LogP contribution is 2.52. The summed E-state index contributed by atoms with van der Waals surface area (Å²) in [6.45, 7) is 0. The summed E-state index contributed by atoms with van der Waals surface area (Å²) in [5.41, 5.74) is 1.86. The number of rotatable bonds is 4. The number of fused-ring (bicyclic) bond motifs is 2. The van der Waals surface area contributed by atoms with Crippen LogP contribution in [0.25, 0.3) is 0 Å². The molecule has 0 saturated heterocycles. The molecular formula is C18H24O5. The molecule has 4 aliphatic rings. The number of ether oxygens (including phenoxy) is 3. The lowest BCUT2D eigenvalue weighted by molar-refractivity contribution is -0.241. The fourth-order valence-corrected chi connectivity index (χ4v) is 4.45. The Morgan fingerprint density at radius 3 is 2.52 bits per heavy atom. The zero-order valence-corrected chi connectivity index (χ0v) is 14.0. The molecule has 3 atom stereocenters. The monoisotopic (exact) mass is 320 g/mol. The lowest BCUT2D eigenvalue weighted by atomic mass is 9.59. The predicted molar refractivity (Wildman–Crippen MR) is 83.5 cm³/mol. The van der Waals surface area contributed by atoms with Crippen LogP contribution in [0.4, 0.5) is 0 Å². The molecule has 0 amide bonds. The van der Waals surface area contributed by atoms with Gasteiger partial charge in [0.25, 0.3) is 0 Å². The molecule has 1 fully saturated rings. The average molecular weight is 320 g/mol. The Bertz CT molecular complexity index is 570. The topological polar surface area (TPSA) is 61.8 Å². The van der Waals surface area contributed by atoms with Gasteiger partial charge in [-0.05, 0) is 38.0 Å². The van der Waals surface area contributed by atoms with Crippen molar-refractivity contribution in [1.29, 1.82) is 0 Å². The van der Waals surface area contributed by atoms with Crippen LogP contribution in [0.2, 0.25) is 0 Å². The van der Waals surface area contributed by atoms with Crippen molar-refractivity contribution < 1.29 is 23.8 Å². The van der Waals surface area contributed by atoms with Crippen molar-refractivity contribution in [3.8, 4) is 0 Å². The van der Waals surface area contributed by atoms with Crippen molar-refractivity contribution in [3.63, 3.8) is 0 Å². The molecule has 126 valence electrons. The molecule has 1 saturated carbocycles. The summed E-state index contributed by atoms with van der Waals surface area (Å²) in [5.74, 6) is -2.49. The van der Waals surface area contributed by atoms with E-state index in [1.807, 2.05) is 0 Å². The van der Waals surface area contributed by atoms with E-state index < -0.39 is 17.7 Å². The predicted octanol–water partition coefficient (Wildman–Crippen LogP) is 2.41. The molecule has 0 unspecified atom stereocenters. The van der Waals surface area contributed by atoms with E-state index in [-0.39, 0.29) is 17.6 Å². The Kier molecular flexibility index (Phi) is 4.43. The van der Waals surface area contributed by atoms with E-state index in [1.165, 1.54) is 39.7 Å². The molecule has 0 N–H and O–H groups in total. The van der Waals surface area contributed by atoms with Crippen molar-refractivity contribution >= 4 is 11.8 Å². The summed E-state index contributed by atoms with van der Waals surface area (Å²) in [4.78, 5) is 25.1. The van der Waals surface area contributed by atoms with E-state index in [4.69, 9.17) is 14.2 Å². The number of ketones is 1. The van der Waals surface area contributed by atoms with Gasteiger partial charge in [0.1, 0.15) is 0 Å². The van der Waals surface area contributed by atoms with Crippen LogP contribution in [-0.2, 0) is 23.8 Å². The summed E-state index contributed by atoms with van der Waals surface area (Å²) < 4.78 is 15.9. The number of methoxy groups -OCH3 is 3. The largest absolute Gasteiger partial charge is 0.466 e. The average Bonchev–Trinajstić information content (AvgIpc) is 2.62. The molecular weight excluding hydrogens is 296 g/mol. The van der Waals surface area contributed by atoms with Crippen LogP contribution >= 0.6 is 0 Å². The summed E-state index contributed by atoms with van der Waals surface area (Å²) >= 11 is 0. The number of esters is 1. The van der Waals surface area contributed by atoms with Crippen LogP contribution in [0.15, 0.2) is 23.3 Å². The molecule has 0 aromatic carbocycles. The number of hydrogen-bond donors (Lipinski definition) is 0. The third-order valence-electron chi connectivity index (χ3n) is 5.59. The van der Waals surface area contributed by atoms with Crippen molar-refractivity contribution in [1.82, 2.24) is 0 Å². The maximum Gasteiger partial charge on any atom is 0.333 e. The minimum atomic E-state index is -1.37. The zero-order valence-electron chi connectivity index (χ0n) is 14.0. The highest BCUT2D eigenvalue weighted by atomic mass is 16.7. The molecule has 0 spiro atoms. The zero-order chi connectivity index (χ0) is 16.6. The molecule has 23 heavy (non-hydrogen) atoms. The second-order valence-electron chi connectivity index (χ2n) is 6.50. The third-order valence-corrected chi connectivity index (χ3v) is 5.59. The number of carbonyl (C=O) groups is 2. The highest BCUT2D eigenvalue weighted by Gasteiger charge is 2.61. The Morgan fingerprint density at radius 1 is 1.22 bits per heavy atom. The Balaban J connectivity index is 2.03. The van der Waals surface area contributed by atoms with Crippen LogP contribution in [0, 0.1) is 17.8 Å². The van der Waals surface area contributed by atoms with Gasteiger partial charge in [-0.15, -0.1) is 0 Å². The van der Waals surface area contributed by atoms with E-state index >= 15 is 0 Å². The lowest BCUT2D eigenvalue weighted by Gasteiger charge is -2.50. The van der Waals surface area contributed by atoms with Gasteiger partial charge in [0.15, 0.2) is 5.78 Å². The van der Waals surface area contributed by atoms with Crippen molar-refractivity contribution in [3.05, 3.63) is 23.3 Å². The molecule has 2 bridgehead atoms. The molecule has 0 aromatic heterocycles. The van der Waals surface area contributed by atoms with Gasteiger partial charge >= 0.3 is 5.97 Å². The van der Waals surface area contributed by atoms with E-state index in [1.54, 1.807) is 6.08 Å². The third kappa shape index (κ3) is 2.37. The van der Waals surface area contributed by atoms with Gasteiger partial charge in [-0.3, -0.25) is 4.79 Å². The van der Waals surface area contributed by atoms with Gasteiger partial charge in [-0.2, -0.15) is 0 Å². The van der Waals surface area contributed by atoms with Crippen LogP contribution in [0.1, 0.15) is 32.1 Å². The van der Waals surface area contributed by atoms with Crippen LogP contribution in [0.5, 0.6) is 0 Å². The lowest BCUT2D eigenvalue weighted by Crippen LogP contribution is -2.61. The highest BCUT2D eigenvalue weighted by molar-refractivity contribution is 6.00. The van der Waals surface area contributed by atoms with Crippen molar-refractivity contribution in [2.45, 2.75) is 37.9 Å². The first-order chi connectivity index (χ1) is 11.1. The number of Topliss-reactive ketones (excluding diaryl/α,β-unsaturated/α-hetero) is 1. The van der Waals surface area contributed by atoms with E-state index in [0.717, 1.165) is 12.8 Å². The normalized spacial score (nSPS) is 32.3. The number of hydrogen-bond acceptors (Lipinski definition) is 5. The quantitative estimate of drug-likeness (QED) is 0.452. The Labute approximate surface area is 136 Å². The number of carbonyl (C=O) groups excluding carboxylic acids is 2. The number of allylic oxidation sites excluding steroid dienone is 3. The molecule has 0 aromatic rings. The minimum absolute atomic E-state index is 0.0807. The minimum Gasteiger partial charge on any atom is -0.466 e. The second kappa shape index (κ2) is 6.21. The van der Waals surface area contributed by atoms with Crippen LogP contribution in [0.3, 0.4) is 0 Å². The van der Waals surface area contributed by atoms with Gasteiger partial charge in [-0.1, -0.05) is 17.7 Å². The first-order valence-corrected chi connectivity index (χ1v) is 8.22. The second-order valence-corrected chi connectivity index (χ2v) is 6.50. The standard InChI is InChI=1S/C18H24O5/c1-21-17(20)14-9-13-12(11-7-5-4-6-8-11)10-15(14)18(22-2,23-3)16(13)19/h7,9,12-13,15H,4-6,8,10H2,1-3H3/t12-,13+,15+/m0/s1. The summed E-state index contributed by atoms with van der Waals surface area (Å²) in [7, 11) is 4.29.